The number of nitrogens with zero attached hydrogens (tertiary/aromatic N) is 1. The van der Waals surface area contributed by atoms with Crippen LogP contribution in [0.15, 0.2) is 60.7 Å². The molecule has 2 bridgehead atoms. The third kappa shape index (κ3) is 3.27. The van der Waals surface area contributed by atoms with E-state index >= 15 is 0 Å². The summed E-state index contributed by atoms with van der Waals surface area (Å²) in [6.45, 7) is 0. The number of hydrogen-bond donors (Lipinski definition) is 3. The second-order valence-electron chi connectivity index (χ2n) is 7.44. The second kappa shape index (κ2) is 7.13. The Morgan fingerprint density at radius 1 is 1.07 bits per heavy atom. The maximum absolute atomic E-state index is 12.7. The first kappa shape index (κ1) is 17.0. The summed E-state index contributed by atoms with van der Waals surface area (Å²) in [5.41, 5.74) is 1.98. The first-order valence-corrected chi connectivity index (χ1v) is 9.71. The first-order chi connectivity index (χ1) is 13.8. The highest BCUT2D eigenvalue weighted by atomic mass is 16.5. The van der Waals surface area contributed by atoms with E-state index in [0.717, 1.165) is 24.2 Å². The zero-order valence-corrected chi connectivity index (χ0v) is 15.4. The molecule has 2 saturated heterocycles. The monoisotopic (exact) mass is 374 g/mol. The van der Waals surface area contributed by atoms with Crippen molar-refractivity contribution in [2.24, 2.45) is 0 Å². The minimum atomic E-state index is -0.112. The summed E-state index contributed by atoms with van der Waals surface area (Å²) in [4.78, 5) is 12.7. The number of ether oxygens (including phenoxy) is 1. The molecule has 3 aromatic rings. The molecule has 28 heavy (non-hydrogen) atoms. The molecule has 0 saturated carbocycles. The van der Waals surface area contributed by atoms with Gasteiger partial charge >= 0.3 is 0 Å². The van der Waals surface area contributed by atoms with Crippen molar-refractivity contribution in [3.05, 3.63) is 66.4 Å². The van der Waals surface area contributed by atoms with E-state index in [1.165, 1.54) is 6.42 Å². The Hall–Kier alpha value is -3.12. The van der Waals surface area contributed by atoms with Gasteiger partial charge in [0.25, 0.3) is 5.91 Å². The topological polar surface area (TPSA) is 79.0 Å². The first-order valence-electron chi connectivity index (χ1n) is 9.71. The van der Waals surface area contributed by atoms with Gasteiger partial charge in [0, 0.05) is 23.7 Å². The second-order valence-corrected chi connectivity index (χ2v) is 7.44. The Morgan fingerprint density at radius 2 is 1.89 bits per heavy atom. The van der Waals surface area contributed by atoms with E-state index < -0.39 is 0 Å². The van der Waals surface area contributed by atoms with Crippen LogP contribution in [0.5, 0.6) is 11.5 Å². The van der Waals surface area contributed by atoms with E-state index in [0.29, 0.717) is 29.2 Å². The third-order valence-corrected chi connectivity index (χ3v) is 5.57. The molecule has 0 unspecified atom stereocenters. The van der Waals surface area contributed by atoms with Crippen LogP contribution in [0.25, 0.3) is 11.3 Å². The number of nitrogens with one attached hydrogen (secondary N) is 3. The predicted octanol–water partition coefficient (Wildman–Crippen LogP) is 3.49. The summed E-state index contributed by atoms with van der Waals surface area (Å²) in [7, 11) is 0. The van der Waals surface area contributed by atoms with Crippen LogP contribution < -0.4 is 15.4 Å². The highest BCUT2D eigenvalue weighted by Crippen LogP contribution is 2.32. The number of fused-ring (bicyclic) bond motifs is 2. The van der Waals surface area contributed by atoms with Gasteiger partial charge in [-0.3, -0.25) is 9.89 Å². The van der Waals surface area contributed by atoms with Crippen LogP contribution in [0, 0.1) is 0 Å². The average molecular weight is 374 g/mol. The molecule has 2 fully saturated rings. The Labute approximate surface area is 163 Å². The van der Waals surface area contributed by atoms with Crippen LogP contribution in [-0.2, 0) is 0 Å². The number of carbonyl (C=O) groups is 1. The van der Waals surface area contributed by atoms with Gasteiger partial charge in [0.2, 0.25) is 0 Å². The Bertz CT molecular complexity index is 985. The SMILES string of the molecule is O=C(N[C@@H]1C[C@@H]2CC[C@H]1N2)c1cc(-c2ccccc2Oc2ccccc2)n[nH]1. The Balaban J connectivity index is 1.34. The van der Waals surface area contributed by atoms with Crippen molar-refractivity contribution in [1.29, 1.82) is 0 Å². The van der Waals surface area contributed by atoms with Gasteiger partial charge in [-0.15, -0.1) is 0 Å². The van der Waals surface area contributed by atoms with Crippen LogP contribution in [0.1, 0.15) is 29.8 Å². The fourth-order valence-corrected chi connectivity index (χ4v) is 4.19. The number of H-pyrrole nitrogens is 1. The van der Waals surface area contributed by atoms with Gasteiger partial charge < -0.3 is 15.4 Å². The standard InChI is InChI=1S/C22H22N4O2/c27-22(24-19-12-14-10-11-17(19)23-14)20-13-18(25-26-20)16-8-4-5-9-21(16)28-15-6-2-1-3-7-15/h1-9,13-14,17,19,23H,10-12H2,(H,24,27)(H,25,26)/t14-,17+,19+/m0/s1. The molecule has 0 aliphatic carbocycles. The van der Waals surface area contributed by atoms with Gasteiger partial charge in [0.05, 0.1) is 5.69 Å². The summed E-state index contributed by atoms with van der Waals surface area (Å²) in [6, 6.07) is 20.2. The molecule has 1 amide bonds. The summed E-state index contributed by atoms with van der Waals surface area (Å²) in [5, 5.41) is 13.9. The average Bonchev–Trinajstić information content (AvgIpc) is 3.46. The maximum Gasteiger partial charge on any atom is 0.269 e. The normalized spacial score (nSPS) is 22.9. The molecule has 6 nitrogen and oxygen atoms in total. The molecule has 2 aromatic carbocycles. The number of aromatic nitrogens is 2. The van der Waals surface area contributed by atoms with E-state index in [1.54, 1.807) is 6.07 Å². The summed E-state index contributed by atoms with van der Waals surface area (Å²) in [6.07, 6.45) is 3.35. The van der Waals surface area contributed by atoms with Crippen molar-refractivity contribution in [3.63, 3.8) is 0 Å². The minimum Gasteiger partial charge on any atom is -0.457 e. The largest absolute Gasteiger partial charge is 0.457 e. The van der Waals surface area contributed by atoms with Crippen LogP contribution in [0.3, 0.4) is 0 Å². The molecule has 0 spiro atoms. The zero-order chi connectivity index (χ0) is 18.9. The van der Waals surface area contributed by atoms with Gasteiger partial charge in [-0.2, -0.15) is 5.10 Å². The van der Waals surface area contributed by atoms with Crippen molar-refractivity contribution < 1.29 is 9.53 Å². The Morgan fingerprint density at radius 3 is 2.68 bits per heavy atom. The molecule has 142 valence electrons. The van der Waals surface area contributed by atoms with Gasteiger partial charge in [-0.25, -0.2) is 0 Å². The van der Waals surface area contributed by atoms with Gasteiger partial charge in [0.1, 0.15) is 17.2 Å². The molecule has 2 aliphatic heterocycles. The Kier molecular flexibility index (Phi) is 4.33. The number of amides is 1. The van der Waals surface area contributed by atoms with Crippen molar-refractivity contribution in [2.45, 2.75) is 37.4 Å². The van der Waals surface area contributed by atoms with E-state index in [-0.39, 0.29) is 11.9 Å². The zero-order valence-electron chi connectivity index (χ0n) is 15.4. The summed E-state index contributed by atoms with van der Waals surface area (Å²) in [5.74, 6) is 1.34. The van der Waals surface area contributed by atoms with Gasteiger partial charge in [-0.1, -0.05) is 30.3 Å². The lowest BCUT2D eigenvalue weighted by molar-refractivity contribution is 0.0926. The van der Waals surface area contributed by atoms with Crippen molar-refractivity contribution in [3.8, 4) is 22.8 Å². The smallest absolute Gasteiger partial charge is 0.269 e. The highest BCUT2D eigenvalue weighted by molar-refractivity contribution is 5.93. The summed E-state index contributed by atoms with van der Waals surface area (Å²) >= 11 is 0. The number of para-hydroxylation sites is 2. The number of aromatic amines is 1. The summed E-state index contributed by atoms with van der Waals surface area (Å²) < 4.78 is 6.01. The van der Waals surface area contributed by atoms with E-state index in [2.05, 4.69) is 20.8 Å². The fourth-order valence-electron chi connectivity index (χ4n) is 4.19. The molecule has 5 rings (SSSR count). The molecular weight excluding hydrogens is 352 g/mol. The fraction of sp³-hybridized carbons (Fsp3) is 0.273. The van der Waals surface area contributed by atoms with Crippen LogP contribution >= 0.6 is 0 Å². The molecule has 3 heterocycles. The van der Waals surface area contributed by atoms with Crippen molar-refractivity contribution in [1.82, 2.24) is 20.8 Å². The molecule has 1 aromatic heterocycles. The van der Waals surface area contributed by atoms with Crippen molar-refractivity contribution in [2.75, 3.05) is 0 Å². The lowest BCUT2D eigenvalue weighted by atomic mass is 9.95. The minimum absolute atomic E-state index is 0.112. The van der Waals surface area contributed by atoms with Gasteiger partial charge in [0.15, 0.2) is 0 Å². The maximum atomic E-state index is 12.7. The van der Waals surface area contributed by atoms with Crippen LogP contribution in [-0.4, -0.2) is 34.2 Å². The third-order valence-electron chi connectivity index (χ3n) is 5.57. The molecular formula is C22H22N4O2. The molecule has 2 aliphatic rings. The molecule has 3 N–H and O–H groups in total. The quantitative estimate of drug-likeness (QED) is 0.639. The lowest BCUT2D eigenvalue weighted by Crippen LogP contribution is -2.43. The number of benzene rings is 2. The predicted molar refractivity (Wildman–Crippen MR) is 106 cm³/mol. The van der Waals surface area contributed by atoms with E-state index in [4.69, 9.17) is 4.74 Å². The highest BCUT2D eigenvalue weighted by Gasteiger charge is 2.39. The van der Waals surface area contributed by atoms with Crippen LogP contribution in [0.2, 0.25) is 0 Å². The molecule has 6 heteroatoms. The van der Waals surface area contributed by atoms with Gasteiger partial charge in [-0.05, 0) is 49.6 Å². The van der Waals surface area contributed by atoms with Crippen LogP contribution in [0.4, 0.5) is 0 Å². The number of rotatable bonds is 5. The van der Waals surface area contributed by atoms with E-state index in [9.17, 15) is 4.79 Å². The number of hydrogen-bond acceptors (Lipinski definition) is 4. The lowest BCUT2D eigenvalue weighted by Gasteiger charge is -2.20. The molecule has 3 atom stereocenters. The molecule has 0 radical (unpaired) electrons. The van der Waals surface area contributed by atoms with E-state index in [1.807, 2.05) is 54.6 Å². The van der Waals surface area contributed by atoms with Crippen molar-refractivity contribution >= 4 is 5.91 Å². The number of carbonyl (C=O) groups excluding carboxylic acids is 1.